The summed E-state index contributed by atoms with van der Waals surface area (Å²) in [6.45, 7) is 7.51. The van der Waals surface area contributed by atoms with Crippen molar-refractivity contribution in [3.63, 3.8) is 0 Å². The van der Waals surface area contributed by atoms with Crippen molar-refractivity contribution >= 4 is 0 Å². The van der Waals surface area contributed by atoms with Gasteiger partial charge in [-0.15, -0.1) is 0 Å². The summed E-state index contributed by atoms with van der Waals surface area (Å²) in [4.78, 5) is 0. The third kappa shape index (κ3) is 3.83. The summed E-state index contributed by atoms with van der Waals surface area (Å²) in [6, 6.07) is 8.72. The first-order valence-electron chi connectivity index (χ1n) is 5.86. The van der Waals surface area contributed by atoms with Crippen LogP contribution in [0.15, 0.2) is 24.3 Å². The Morgan fingerprint density at radius 1 is 1.38 bits per heavy atom. The molecule has 0 saturated carbocycles. The van der Waals surface area contributed by atoms with Gasteiger partial charge in [0.2, 0.25) is 0 Å². The fraction of sp³-hybridized carbons (Fsp3) is 0.538. The molecule has 1 aromatic carbocycles. The van der Waals surface area contributed by atoms with Crippen LogP contribution in [-0.2, 0) is 0 Å². The molecule has 0 radical (unpaired) electrons. The Kier molecular flexibility index (Phi) is 5.29. The largest absolute Gasteiger partial charge is 0.494 e. The number of hydrogen-bond donors (Lipinski definition) is 2. The molecule has 1 aromatic rings. The van der Waals surface area contributed by atoms with Crippen LogP contribution < -0.4 is 15.8 Å². The molecular weight excluding hydrogens is 200 g/mol. The van der Waals surface area contributed by atoms with Crippen molar-refractivity contribution in [2.45, 2.75) is 32.9 Å². The van der Waals surface area contributed by atoms with Crippen LogP contribution in [0.3, 0.4) is 0 Å². The number of nitrogens with one attached hydrogen (secondary N) is 1. The molecule has 3 nitrogen and oxygen atoms in total. The Bertz CT molecular complexity index is 313. The molecule has 1 rings (SSSR count). The van der Waals surface area contributed by atoms with E-state index in [0.717, 1.165) is 5.75 Å². The van der Waals surface area contributed by atoms with Gasteiger partial charge < -0.3 is 15.8 Å². The summed E-state index contributed by atoms with van der Waals surface area (Å²) in [6.07, 6.45) is 0. The predicted octanol–water partition coefficient (Wildman–Crippen LogP) is 2.08. The molecule has 16 heavy (non-hydrogen) atoms. The minimum Gasteiger partial charge on any atom is -0.494 e. The van der Waals surface area contributed by atoms with Crippen LogP contribution in [-0.4, -0.2) is 19.2 Å². The van der Waals surface area contributed by atoms with E-state index in [0.29, 0.717) is 19.2 Å². The van der Waals surface area contributed by atoms with E-state index in [1.54, 1.807) is 0 Å². The maximum absolute atomic E-state index is 5.77. The molecule has 0 aliphatic carbocycles. The van der Waals surface area contributed by atoms with E-state index in [1.807, 2.05) is 19.1 Å². The lowest BCUT2D eigenvalue weighted by Gasteiger charge is -2.20. The van der Waals surface area contributed by atoms with E-state index in [-0.39, 0.29) is 6.04 Å². The van der Waals surface area contributed by atoms with Gasteiger partial charge in [0.15, 0.2) is 0 Å². The molecule has 0 heterocycles. The van der Waals surface area contributed by atoms with Gasteiger partial charge in [0.1, 0.15) is 5.75 Å². The number of hydrogen-bond acceptors (Lipinski definition) is 3. The Morgan fingerprint density at radius 2 is 2.12 bits per heavy atom. The SMILES string of the molecule is CCOc1cccc(C(CN)NC(C)C)c1. The summed E-state index contributed by atoms with van der Waals surface area (Å²) < 4.78 is 5.48. The van der Waals surface area contributed by atoms with Crippen molar-refractivity contribution in [2.24, 2.45) is 5.73 Å². The van der Waals surface area contributed by atoms with Gasteiger partial charge in [0.05, 0.1) is 6.61 Å². The van der Waals surface area contributed by atoms with Gasteiger partial charge in [-0.3, -0.25) is 0 Å². The minimum absolute atomic E-state index is 0.195. The lowest BCUT2D eigenvalue weighted by Crippen LogP contribution is -2.33. The average molecular weight is 222 g/mol. The highest BCUT2D eigenvalue weighted by Crippen LogP contribution is 2.19. The van der Waals surface area contributed by atoms with Gasteiger partial charge in [0.25, 0.3) is 0 Å². The lowest BCUT2D eigenvalue weighted by atomic mass is 10.1. The smallest absolute Gasteiger partial charge is 0.119 e. The topological polar surface area (TPSA) is 47.3 Å². The van der Waals surface area contributed by atoms with Crippen LogP contribution in [0.2, 0.25) is 0 Å². The van der Waals surface area contributed by atoms with E-state index in [1.165, 1.54) is 5.56 Å². The van der Waals surface area contributed by atoms with E-state index in [9.17, 15) is 0 Å². The molecule has 0 amide bonds. The molecule has 3 N–H and O–H groups in total. The summed E-state index contributed by atoms with van der Waals surface area (Å²) in [5.74, 6) is 0.906. The van der Waals surface area contributed by atoms with E-state index in [4.69, 9.17) is 10.5 Å². The van der Waals surface area contributed by atoms with Gasteiger partial charge in [-0.1, -0.05) is 26.0 Å². The molecule has 0 saturated heterocycles. The molecule has 0 fully saturated rings. The Morgan fingerprint density at radius 3 is 2.69 bits per heavy atom. The number of rotatable bonds is 6. The summed E-state index contributed by atoms with van der Waals surface area (Å²) in [5, 5.41) is 3.43. The quantitative estimate of drug-likeness (QED) is 0.774. The van der Waals surface area contributed by atoms with Crippen LogP contribution in [0.4, 0.5) is 0 Å². The highest BCUT2D eigenvalue weighted by molar-refractivity contribution is 5.30. The second kappa shape index (κ2) is 6.51. The average Bonchev–Trinajstić information content (AvgIpc) is 2.26. The monoisotopic (exact) mass is 222 g/mol. The first kappa shape index (κ1) is 13.0. The van der Waals surface area contributed by atoms with Gasteiger partial charge in [-0.2, -0.15) is 0 Å². The highest BCUT2D eigenvalue weighted by atomic mass is 16.5. The van der Waals surface area contributed by atoms with Crippen LogP contribution in [0.1, 0.15) is 32.4 Å². The van der Waals surface area contributed by atoms with Crippen LogP contribution in [0, 0.1) is 0 Å². The number of benzene rings is 1. The molecule has 1 atom stereocenters. The second-order valence-electron chi connectivity index (χ2n) is 4.12. The van der Waals surface area contributed by atoms with E-state index < -0.39 is 0 Å². The van der Waals surface area contributed by atoms with Crippen LogP contribution in [0.25, 0.3) is 0 Å². The van der Waals surface area contributed by atoms with Gasteiger partial charge in [-0.25, -0.2) is 0 Å². The maximum Gasteiger partial charge on any atom is 0.119 e. The second-order valence-corrected chi connectivity index (χ2v) is 4.12. The highest BCUT2D eigenvalue weighted by Gasteiger charge is 2.10. The van der Waals surface area contributed by atoms with Crippen molar-refractivity contribution in [1.29, 1.82) is 0 Å². The van der Waals surface area contributed by atoms with Crippen molar-refractivity contribution in [3.8, 4) is 5.75 Å². The van der Waals surface area contributed by atoms with Crippen molar-refractivity contribution in [1.82, 2.24) is 5.32 Å². The van der Waals surface area contributed by atoms with E-state index >= 15 is 0 Å². The molecule has 0 aromatic heterocycles. The van der Waals surface area contributed by atoms with Gasteiger partial charge >= 0.3 is 0 Å². The zero-order chi connectivity index (χ0) is 12.0. The lowest BCUT2D eigenvalue weighted by molar-refractivity contribution is 0.339. The first-order valence-corrected chi connectivity index (χ1v) is 5.86. The van der Waals surface area contributed by atoms with Gasteiger partial charge in [-0.05, 0) is 24.6 Å². The first-order chi connectivity index (χ1) is 7.67. The van der Waals surface area contributed by atoms with Crippen molar-refractivity contribution in [2.75, 3.05) is 13.2 Å². The fourth-order valence-corrected chi connectivity index (χ4v) is 1.69. The Labute approximate surface area is 98.0 Å². The zero-order valence-corrected chi connectivity index (χ0v) is 10.4. The van der Waals surface area contributed by atoms with Crippen LogP contribution >= 0.6 is 0 Å². The number of nitrogens with two attached hydrogens (primary N) is 1. The zero-order valence-electron chi connectivity index (χ0n) is 10.4. The number of ether oxygens (including phenoxy) is 1. The molecule has 0 spiro atoms. The molecule has 0 aliphatic heterocycles. The minimum atomic E-state index is 0.195. The van der Waals surface area contributed by atoms with Crippen LogP contribution in [0.5, 0.6) is 5.75 Å². The molecule has 1 unspecified atom stereocenters. The summed E-state index contributed by atoms with van der Waals surface area (Å²) in [7, 11) is 0. The summed E-state index contributed by atoms with van der Waals surface area (Å²) >= 11 is 0. The molecular formula is C13H22N2O. The summed E-state index contributed by atoms with van der Waals surface area (Å²) in [5.41, 5.74) is 6.96. The van der Waals surface area contributed by atoms with E-state index in [2.05, 4.69) is 31.3 Å². The Balaban J connectivity index is 2.79. The van der Waals surface area contributed by atoms with Gasteiger partial charge in [0, 0.05) is 18.6 Å². The maximum atomic E-state index is 5.77. The predicted molar refractivity (Wildman–Crippen MR) is 67.7 cm³/mol. The third-order valence-electron chi connectivity index (χ3n) is 2.34. The standard InChI is InChI=1S/C13H22N2O/c1-4-16-12-7-5-6-11(8-12)13(9-14)15-10(2)3/h5-8,10,13,15H,4,9,14H2,1-3H3. The molecule has 90 valence electrons. The molecule has 3 heteroatoms. The fourth-order valence-electron chi connectivity index (χ4n) is 1.69. The third-order valence-corrected chi connectivity index (χ3v) is 2.34. The Hall–Kier alpha value is -1.06. The van der Waals surface area contributed by atoms with Crippen molar-refractivity contribution in [3.05, 3.63) is 29.8 Å². The molecule has 0 bridgehead atoms. The molecule has 0 aliphatic rings. The normalized spacial score (nSPS) is 12.8. The van der Waals surface area contributed by atoms with Crippen molar-refractivity contribution < 1.29 is 4.74 Å².